The summed E-state index contributed by atoms with van der Waals surface area (Å²) in [5.41, 5.74) is 0.169. The smallest absolute Gasteiger partial charge is 0.255 e. The van der Waals surface area contributed by atoms with E-state index in [2.05, 4.69) is 10.6 Å². The van der Waals surface area contributed by atoms with Crippen LogP contribution in [-0.2, 0) is 0 Å². The van der Waals surface area contributed by atoms with Crippen molar-refractivity contribution in [1.29, 1.82) is 0 Å². The molecule has 5 nitrogen and oxygen atoms in total. The predicted octanol–water partition coefficient (Wildman–Crippen LogP) is 0.437. The summed E-state index contributed by atoms with van der Waals surface area (Å²) in [6, 6.07) is 3.89. The van der Waals surface area contributed by atoms with Crippen molar-refractivity contribution in [2.75, 3.05) is 20.1 Å². The Hall–Kier alpha value is -1.75. The van der Waals surface area contributed by atoms with Crippen LogP contribution in [0.2, 0.25) is 0 Å². The minimum atomic E-state index is -0.339. The Morgan fingerprint density at radius 1 is 1.31 bits per heavy atom. The largest absolute Gasteiger partial charge is 0.508 e. The molecule has 0 spiro atoms. The normalized spacial score (nSPS) is 10.1. The Labute approximate surface area is 94.1 Å². The number of aromatic hydroxyl groups is 2. The van der Waals surface area contributed by atoms with Gasteiger partial charge in [-0.2, -0.15) is 0 Å². The number of benzene rings is 1. The van der Waals surface area contributed by atoms with Crippen LogP contribution in [0.4, 0.5) is 0 Å². The maximum Gasteiger partial charge on any atom is 0.255 e. The molecule has 0 aromatic heterocycles. The van der Waals surface area contributed by atoms with Gasteiger partial charge in [-0.05, 0) is 32.1 Å². The molecular weight excluding hydrogens is 208 g/mol. The molecule has 0 fully saturated rings. The third-order valence-electron chi connectivity index (χ3n) is 2.12. The third kappa shape index (κ3) is 3.43. The first-order valence-corrected chi connectivity index (χ1v) is 5.10. The van der Waals surface area contributed by atoms with E-state index in [1.165, 1.54) is 12.1 Å². The van der Waals surface area contributed by atoms with Crippen LogP contribution in [0.1, 0.15) is 16.8 Å². The van der Waals surface area contributed by atoms with Gasteiger partial charge in [-0.15, -0.1) is 0 Å². The Kier molecular flexibility index (Phi) is 4.60. The fourth-order valence-electron chi connectivity index (χ4n) is 1.27. The first-order chi connectivity index (χ1) is 7.65. The Morgan fingerprint density at radius 2 is 2.06 bits per heavy atom. The van der Waals surface area contributed by atoms with Crippen molar-refractivity contribution in [2.24, 2.45) is 0 Å². The highest BCUT2D eigenvalue weighted by Crippen LogP contribution is 2.22. The lowest BCUT2D eigenvalue weighted by atomic mass is 10.2. The van der Waals surface area contributed by atoms with Crippen molar-refractivity contribution >= 4 is 5.91 Å². The lowest BCUT2D eigenvalue weighted by molar-refractivity contribution is 0.0950. The molecule has 1 rings (SSSR count). The molecule has 5 heteroatoms. The molecule has 0 aliphatic heterocycles. The predicted molar refractivity (Wildman–Crippen MR) is 60.6 cm³/mol. The summed E-state index contributed by atoms with van der Waals surface area (Å²) in [4.78, 5) is 11.6. The van der Waals surface area contributed by atoms with E-state index in [1.807, 2.05) is 7.05 Å². The number of amides is 1. The van der Waals surface area contributed by atoms with Gasteiger partial charge in [-0.1, -0.05) is 0 Å². The van der Waals surface area contributed by atoms with Crippen molar-refractivity contribution in [3.63, 3.8) is 0 Å². The second kappa shape index (κ2) is 5.97. The van der Waals surface area contributed by atoms with Crippen molar-refractivity contribution in [2.45, 2.75) is 6.42 Å². The van der Waals surface area contributed by atoms with Crippen LogP contribution in [0.3, 0.4) is 0 Å². The zero-order chi connectivity index (χ0) is 12.0. The van der Waals surface area contributed by atoms with E-state index in [0.29, 0.717) is 6.54 Å². The van der Waals surface area contributed by atoms with Gasteiger partial charge in [0.1, 0.15) is 11.5 Å². The zero-order valence-electron chi connectivity index (χ0n) is 9.16. The molecule has 1 aromatic rings. The van der Waals surface area contributed by atoms with Gasteiger partial charge in [-0.25, -0.2) is 0 Å². The van der Waals surface area contributed by atoms with E-state index >= 15 is 0 Å². The summed E-state index contributed by atoms with van der Waals surface area (Å²) in [5.74, 6) is -0.621. The second-order valence-corrected chi connectivity index (χ2v) is 3.41. The Balaban J connectivity index is 2.53. The van der Waals surface area contributed by atoms with E-state index in [1.54, 1.807) is 0 Å². The molecule has 4 N–H and O–H groups in total. The fraction of sp³-hybridized carbons (Fsp3) is 0.364. The van der Waals surface area contributed by atoms with Crippen LogP contribution in [0.25, 0.3) is 0 Å². The summed E-state index contributed by atoms with van der Waals surface area (Å²) in [5, 5.41) is 24.1. The average Bonchev–Trinajstić information content (AvgIpc) is 2.24. The topological polar surface area (TPSA) is 81.6 Å². The molecule has 0 radical (unpaired) electrons. The van der Waals surface area contributed by atoms with E-state index in [9.17, 15) is 9.90 Å². The molecule has 0 heterocycles. The molecule has 0 saturated carbocycles. The number of phenols is 2. The number of rotatable bonds is 5. The van der Waals surface area contributed by atoms with Crippen LogP contribution < -0.4 is 10.6 Å². The van der Waals surface area contributed by atoms with E-state index in [-0.39, 0.29) is 23.0 Å². The van der Waals surface area contributed by atoms with E-state index in [0.717, 1.165) is 19.0 Å². The van der Waals surface area contributed by atoms with Crippen molar-refractivity contribution in [3.05, 3.63) is 23.8 Å². The minimum absolute atomic E-state index is 0.0655. The first kappa shape index (κ1) is 12.3. The van der Waals surface area contributed by atoms with E-state index < -0.39 is 0 Å². The molecule has 0 saturated heterocycles. The maximum atomic E-state index is 11.6. The van der Waals surface area contributed by atoms with Gasteiger partial charge in [0.15, 0.2) is 0 Å². The number of hydrogen-bond acceptors (Lipinski definition) is 4. The number of hydrogen-bond donors (Lipinski definition) is 4. The SMILES string of the molecule is CNCCCNC(=O)c1ccc(O)cc1O. The lowest BCUT2D eigenvalue weighted by Gasteiger charge is -2.06. The summed E-state index contributed by atoms with van der Waals surface area (Å²) in [6.45, 7) is 1.36. The van der Waals surface area contributed by atoms with Crippen LogP contribution in [-0.4, -0.2) is 36.3 Å². The van der Waals surface area contributed by atoms with Gasteiger partial charge in [0, 0.05) is 12.6 Å². The number of carbonyl (C=O) groups excluding carboxylic acids is 1. The van der Waals surface area contributed by atoms with Crippen LogP contribution in [0.5, 0.6) is 11.5 Å². The number of phenolic OH excluding ortho intramolecular Hbond substituents is 2. The van der Waals surface area contributed by atoms with Crippen molar-refractivity contribution < 1.29 is 15.0 Å². The summed E-state index contributed by atoms with van der Waals surface area (Å²) >= 11 is 0. The van der Waals surface area contributed by atoms with E-state index in [4.69, 9.17) is 5.11 Å². The molecule has 1 aromatic carbocycles. The standard InChI is InChI=1S/C11H16N2O3/c1-12-5-2-6-13-11(16)9-4-3-8(14)7-10(9)15/h3-4,7,12,14-15H,2,5-6H2,1H3,(H,13,16). The highest BCUT2D eigenvalue weighted by Gasteiger charge is 2.10. The number of carbonyl (C=O) groups is 1. The van der Waals surface area contributed by atoms with Crippen molar-refractivity contribution in [1.82, 2.24) is 10.6 Å². The third-order valence-corrected chi connectivity index (χ3v) is 2.12. The summed E-state index contributed by atoms with van der Waals surface area (Å²) in [7, 11) is 1.84. The van der Waals surface area contributed by atoms with Crippen LogP contribution >= 0.6 is 0 Å². The summed E-state index contributed by atoms with van der Waals surface area (Å²) in [6.07, 6.45) is 0.821. The molecule has 0 unspecified atom stereocenters. The molecule has 16 heavy (non-hydrogen) atoms. The lowest BCUT2D eigenvalue weighted by Crippen LogP contribution is -2.26. The zero-order valence-corrected chi connectivity index (χ0v) is 9.16. The maximum absolute atomic E-state index is 11.6. The van der Waals surface area contributed by atoms with Gasteiger partial charge in [0.2, 0.25) is 0 Å². The first-order valence-electron chi connectivity index (χ1n) is 5.10. The van der Waals surface area contributed by atoms with Crippen LogP contribution in [0, 0.1) is 0 Å². The Bertz CT molecular complexity index is 366. The quantitative estimate of drug-likeness (QED) is 0.547. The second-order valence-electron chi connectivity index (χ2n) is 3.41. The fourth-order valence-corrected chi connectivity index (χ4v) is 1.27. The van der Waals surface area contributed by atoms with Crippen LogP contribution in [0.15, 0.2) is 18.2 Å². The molecule has 0 aliphatic rings. The van der Waals surface area contributed by atoms with Gasteiger partial charge in [0.25, 0.3) is 5.91 Å². The van der Waals surface area contributed by atoms with Gasteiger partial charge >= 0.3 is 0 Å². The van der Waals surface area contributed by atoms with Gasteiger partial charge in [0.05, 0.1) is 5.56 Å². The molecule has 88 valence electrons. The Morgan fingerprint density at radius 3 is 2.69 bits per heavy atom. The highest BCUT2D eigenvalue weighted by atomic mass is 16.3. The summed E-state index contributed by atoms with van der Waals surface area (Å²) < 4.78 is 0. The monoisotopic (exact) mass is 224 g/mol. The van der Waals surface area contributed by atoms with Crippen molar-refractivity contribution in [3.8, 4) is 11.5 Å². The molecule has 0 aliphatic carbocycles. The average molecular weight is 224 g/mol. The molecule has 0 bridgehead atoms. The highest BCUT2D eigenvalue weighted by molar-refractivity contribution is 5.96. The van der Waals surface area contributed by atoms with Gasteiger partial charge < -0.3 is 20.8 Å². The minimum Gasteiger partial charge on any atom is -0.508 e. The molecule has 1 amide bonds. The molecular formula is C11H16N2O3. The molecule has 0 atom stereocenters. The number of nitrogens with one attached hydrogen (secondary N) is 2. The van der Waals surface area contributed by atoms with Gasteiger partial charge in [-0.3, -0.25) is 4.79 Å².